The normalized spacial score (nSPS) is 27.3. The lowest BCUT2D eigenvalue weighted by atomic mass is 10.1. The minimum atomic E-state index is -2.22. The van der Waals surface area contributed by atoms with Crippen LogP contribution in [-0.2, 0) is 4.74 Å². The highest BCUT2D eigenvalue weighted by atomic mass is 35.5. The molecule has 0 atom stereocenters. The number of rotatable bonds is 1. The van der Waals surface area contributed by atoms with Gasteiger partial charge in [0.2, 0.25) is 0 Å². The van der Waals surface area contributed by atoms with Gasteiger partial charge in [-0.25, -0.2) is 0 Å². The zero-order chi connectivity index (χ0) is 8.32. The first kappa shape index (κ1) is 4.94. The first-order valence-electron chi connectivity index (χ1n) is 4.46. The highest BCUT2D eigenvalue weighted by molar-refractivity contribution is 5.85. The van der Waals surface area contributed by atoms with Crippen molar-refractivity contribution in [2.24, 2.45) is 0 Å². The number of halogens is 1. The zero-order valence-electron chi connectivity index (χ0n) is 8.22. The molecule has 1 heterocycles. The molecule has 0 aromatic rings. The minimum Gasteiger partial charge on any atom is -0.381 e. The van der Waals surface area contributed by atoms with E-state index in [1.807, 2.05) is 0 Å². The van der Waals surface area contributed by atoms with Crippen LogP contribution >= 0.6 is 12.4 Å². The van der Waals surface area contributed by atoms with Gasteiger partial charge in [-0.1, -0.05) is 0 Å². The van der Waals surface area contributed by atoms with Crippen LogP contribution in [0.15, 0.2) is 0 Å². The van der Waals surface area contributed by atoms with Gasteiger partial charge in [0, 0.05) is 7.04 Å². The van der Waals surface area contributed by atoms with E-state index in [4.69, 9.17) is 8.85 Å². The molecule has 1 aliphatic rings. The van der Waals surface area contributed by atoms with Crippen LogP contribution in [0.3, 0.4) is 0 Å². The molecule has 0 aromatic heterocycles. The van der Waals surface area contributed by atoms with Crippen molar-refractivity contribution in [3.63, 3.8) is 0 Å². The van der Waals surface area contributed by atoms with Crippen molar-refractivity contribution in [1.82, 2.24) is 5.32 Å². The zero-order valence-corrected chi connectivity index (χ0v) is 6.04. The summed E-state index contributed by atoms with van der Waals surface area (Å²) in [5, 5.41) is 3.14. The standard InChI is InChI=1S/C6H13NO.ClH/c1-8-6-2-4-7-5-3-6;/h6-7H,2-5H2,1H3;1H/i1D3;. The fourth-order valence-electron chi connectivity index (χ4n) is 0.913. The third-order valence-corrected chi connectivity index (χ3v) is 1.45. The molecule has 9 heavy (non-hydrogen) atoms. The summed E-state index contributed by atoms with van der Waals surface area (Å²) >= 11 is 0. The molecule has 0 amide bonds. The summed E-state index contributed by atoms with van der Waals surface area (Å²) in [4.78, 5) is 0. The Morgan fingerprint density at radius 2 is 2.22 bits per heavy atom. The van der Waals surface area contributed by atoms with Gasteiger partial charge in [-0.05, 0) is 25.9 Å². The highest BCUT2D eigenvalue weighted by Gasteiger charge is 2.09. The van der Waals surface area contributed by atoms with Gasteiger partial charge in [-0.15, -0.1) is 12.4 Å². The number of hydrogen-bond acceptors (Lipinski definition) is 2. The molecule has 0 aromatic carbocycles. The van der Waals surface area contributed by atoms with Crippen molar-refractivity contribution in [3.8, 4) is 0 Å². The second-order valence-corrected chi connectivity index (χ2v) is 2.07. The molecule has 1 saturated heterocycles. The summed E-state index contributed by atoms with van der Waals surface area (Å²) in [5.41, 5.74) is 0. The van der Waals surface area contributed by atoms with Crippen molar-refractivity contribution in [1.29, 1.82) is 0 Å². The van der Waals surface area contributed by atoms with Gasteiger partial charge in [-0.2, -0.15) is 0 Å². The number of methoxy groups -OCH3 is 1. The van der Waals surface area contributed by atoms with E-state index in [1.54, 1.807) is 0 Å². The monoisotopic (exact) mass is 154 g/mol. The molecule has 0 bridgehead atoms. The highest BCUT2D eigenvalue weighted by Crippen LogP contribution is 2.04. The third kappa shape index (κ3) is 3.04. The molecule has 1 N–H and O–H groups in total. The van der Waals surface area contributed by atoms with Crippen molar-refractivity contribution in [3.05, 3.63) is 0 Å². The molecule has 56 valence electrons. The average molecular weight is 155 g/mol. The van der Waals surface area contributed by atoms with Gasteiger partial charge >= 0.3 is 0 Å². The summed E-state index contributed by atoms with van der Waals surface area (Å²) in [6.45, 7) is 1.72. The Balaban J connectivity index is 0.00000121. The fraction of sp³-hybridized carbons (Fsp3) is 1.00. The molecule has 1 aliphatic heterocycles. The van der Waals surface area contributed by atoms with Gasteiger partial charge < -0.3 is 10.1 Å². The number of piperidine rings is 1. The maximum atomic E-state index is 6.86. The Hall–Kier alpha value is 0.210. The smallest absolute Gasteiger partial charge is 0.0595 e. The van der Waals surface area contributed by atoms with Gasteiger partial charge in [0.05, 0.1) is 10.2 Å². The maximum absolute atomic E-state index is 6.86. The molecule has 0 saturated carbocycles. The first-order valence-corrected chi connectivity index (χ1v) is 2.96. The molecule has 1 fully saturated rings. The quantitative estimate of drug-likeness (QED) is 0.604. The van der Waals surface area contributed by atoms with Crippen molar-refractivity contribution in [2.75, 3.05) is 20.1 Å². The Bertz CT molecular complexity index is 124. The summed E-state index contributed by atoms with van der Waals surface area (Å²) in [6, 6.07) is 0. The van der Waals surface area contributed by atoms with E-state index in [0.29, 0.717) is 0 Å². The van der Waals surface area contributed by atoms with Crippen LogP contribution < -0.4 is 5.32 Å². The van der Waals surface area contributed by atoms with Crippen LogP contribution in [0.1, 0.15) is 17.0 Å². The summed E-state index contributed by atoms with van der Waals surface area (Å²) in [5.74, 6) is 0. The molecule has 0 radical (unpaired) electrons. The van der Waals surface area contributed by atoms with E-state index >= 15 is 0 Å². The predicted molar refractivity (Wildman–Crippen MR) is 40.1 cm³/mol. The summed E-state index contributed by atoms with van der Waals surface area (Å²) in [6.07, 6.45) is 1.53. The summed E-state index contributed by atoms with van der Waals surface area (Å²) < 4.78 is 25.4. The van der Waals surface area contributed by atoms with Crippen molar-refractivity contribution in [2.45, 2.75) is 18.9 Å². The van der Waals surface area contributed by atoms with Crippen LogP contribution in [0, 0.1) is 0 Å². The van der Waals surface area contributed by atoms with E-state index in [0.717, 1.165) is 25.9 Å². The summed E-state index contributed by atoms with van der Waals surface area (Å²) in [7, 11) is -2.22. The fourth-order valence-corrected chi connectivity index (χ4v) is 0.913. The van der Waals surface area contributed by atoms with Gasteiger partial charge in [0.15, 0.2) is 0 Å². The van der Waals surface area contributed by atoms with E-state index in [1.165, 1.54) is 0 Å². The number of ether oxygens (including phenoxy) is 1. The molecule has 3 heteroatoms. The lowest BCUT2D eigenvalue weighted by molar-refractivity contribution is 0.0765. The van der Waals surface area contributed by atoms with E-state index < -0.39 is 7.04 Å². The number of nitrogens with one attached hydrogen (secondary N) is 1. The van der Waals surface area contributed by atoms with E-state index in [-0.39, 0.29) is 18.5 Å². The van der Waals surface area contributed by atoms with Crippen LogP contribution in [0.25, 0.3) is 0 Å². The van der Waals surface area contributed by atoms with Gasteiger partial charge in [-0.3, -0.25) is 0 Å². The van der Waals surface area contributed by atoms with Crippen molar-refractivity contribution >= 4 is 12.4 Å². The van der Waals surface area contributed by atoms with Gasteiger partial charge in [0.1, 0.15) is 0 Å². The van der Waals surface area contributed by atoms with E-state index in [9.17, 15) is 0 Å². The molecule has 0 aliphatic carbocycles. The molecule has 0 spiro atoms. The first-order chi connectivity index (χ1) is 5.08. The van der Waals surface area contributed by atoms with Crippen molar-refractivity contribution < 1.29 is 8.85 Å². The van der Waals surface area contributed by atoms with Crippen LogP contribution in [0.2, 0.25) is 0 Å². The predicted octanol–water partition coefficient (Wildman–Crippen LogP) is 0.807. The lowest BCUT2D eigenvalue weighted by Gasteiger charge is -2.20. The molecule has 2 nitrogen and oxygen atoms in total. The van der Waals surface area contributed by atoms with Crippen LogP contribution in [0.5, 0.6) is 0 Å². The molecular formula is C6H14ClNO. The SMILES string of the molecule is Cl.[2H]C([2H])([2H])OC1CCNCC1. The van der Waals surface area contributed by atoms with Crippen LogP contribution in [-0.4, -0.2) is 26.2 Å². The topological polar surface area (TPSA) is 21.3 Å². The van der Waals surface area contributed by atoms with Crippen LogP contribution in [0.4, 0.5) is 0 Å². The number of hydrogen-bond donors (Lipinski definition) is 1. The lowest BCUT2D eigenvalue weighted by Crippen LogP contribution is -2.31. The third-order valence-electron chi connectivity index (χ3n) is 1.45. The molecule has 1 rings (SSSR count). The largest absolute Gasteiger partial charge is 0.381 e. The maximum Gasteiger partial charge on any atom is 0.0595 e. The molecule has 0 unspecified atom stereocenters. The Morgan fingerprint density at radius 3 is 2.78 bits per heavy atom. The Labute approximate surface area is 66.6 Å². The Kier molecular flexibility index (Phi) is 2.76. The van der Waals surface area contributed by atoms with Gasteiger partial charge in [0.25, 0.3) is 0 Å². The second-order valence-electron chi connectivity index (χ2n) is 2.07. The molecular weight excluding hydrogens is 138 g/mol. The van der Waals surface area contributed by atoms with E-state index in [2.05, 4.69) is 5.32 Å². The minimum absolute atomic E-state index is 0. The Morgan fingerprint density at radius 1 is 1.56 bits per heavy atom. The second kappa shape index (κ2) is 5.03. The average Bonchev–Trinajstić information content (AvgIpc) is 1.85.